The van der Waals surface area contributed by atoms with Gasteiger partial charge in [0.05, 0.1) is 12.1 Å². The molecule has 114 valence electrons. The van der Waals surface area contributed by atoms with E-state index in [0.29, 0.717) is 18.6 Å². The summed E-state index contributed by atoms with van der Waals surface area (Å²) < 4.78 is 46.1. The van der Waals surface area contributed by atoms with E-state index in [2.05, 4.69) is 16.6 Å². The Hall–Kier alpha value is -1.46. The average molecular weight is 313 g/mol. The summed E-state index contributed by atoms with van der Waals surface area (Å²) in [6, 6.07) is 3.24. The molecule has 1 saturated heterocycles. The van der Waals surface area contributed by atoms with Crippen LogP contribution in [0.2, 0.25) is 0 Å². The fraction of sp³-hybridized carbons (Fsp3) is 0.429. The first-order chi connectivity index (χ1) is 9.94. The van der Waals surface area contributed by atoms with Crippen molar-refractivity contribution in [3.8, 4) is 11.8 Å². The Morgan fingerprint density at radius 2 is 2.29 bits per heavy atom. The minimum atomic E-state index is -3.95. The summed E-state index contributed by atoms with van der Waals surface area (Å²) in [5.74, 6) is 4.01. The quantitative estimate of drug-likeness (QED) is 0.803. The molecule has 1 heterocycles. The molecule has 0 amide bonds. The van der Waals surface area contributed by atoms with Gasteiger partial charge in [0.1, 0.15) is 17.3 Å². The lowest BCUT2D eigenvalue weighted by Crippen LogP contribution is -2.39. The Balaban J connectivity index is 2.24. The maximum Gasteiger partial charge on any atom is 0.243 e. The third-order valence-corrected chi connectivity index (χ3v) is 4.74. The molecule has 5 nitrogen and oxygen atoms in total. The number of ether oxygens (including phenoxy) is 1. The third kappa shape index (κ3) is 3.80. The molecular weight excluding hydrogens is 297 g/mol. The summed E-state index contributed by atoms with van der Waals surface area (Å²) in [7, 11) is -3.95. The number of hydrogen-bond donors (Lipinski definition) is 2. The van der Waals surface area contributed by atoms with Crippen molar-refractivity contribution in [1.82, 2.24) is 4.72 Å². The Morgan fingerprint density at radius 1 is 1.52 bits per heavy atom. The van der Waals surface area contributed by atoms with Gasteiger partial charge >= 0.3 is 0 Å². The molecule has 0 radical (unpaired) electrons. The highest BCUT2D eigenvalue weighted by Gasteiger charge is 2.30. The van der Waals surface area contributed by atoms with Gasteiger partial charge in [-0.15, -0.1) is 0 Å². The van der Waals surface area contributed by atoms with E-state index in [1.54, 1.807) is 6.92 Å². The Bertz CT molecular complexity index is 678. The smallest absolute Gasteiger partial charge is 0.243 e. The van der Waals surface area contributed by atoms with Gasteiger partial charge in [0.25, 0.3) is 0 Å². The predicted molar refractivity (Wildman–Crippen MR) is 74.5 cm³/mol. The molecule has 0 saturated carbocycles. The number of aliphatic hydroxyl groups is 1. The summed E-state index contributed by atoms with van der Waals surface area (Å²) >= 11 is 0. The van der Waals surface area contributed by atoms with E-state index in [4.69, 9.17) is 9.84 Å². The molecule has 1 aromatic rings. The van der Waals surface area contributed by atoms with Crippen LogP contribution in [0.5, 0.6) is 0 Å². The van der Waals surface area contributed by atoms with Crippen molar-refractivity contribution >= 4 is 10.0 Å². The minimum Gasteiger partial charge on any atom is -0.384 e. The van der Waals surface area contributed by atoms with Gasteiger partial charge in [-0.1, -0.05) is 11.8 Å². The molecule has 7 heteroatoms. The number of sulfonamides is 1. The van der Waals surface area contributed by atoms with Gasteiger partial charge in [-0.05, 0) is 31.5 Å². The minimum absolute atomic E-state index is 0.238. The lowest BCUT2D eigenvalue weighted by atomic mass is 10.2. The van der Waals surface area contributed by atoms with Gasteiger partial charge in [-0.25, -0.2) is 17.5 Å². The van der Waals surface area contributed by atoms with Crippen LogP contribution in [-0.2, 0) is 14.8 Å². The van der Waals surface area contributed by atoms with Gasteiger partial charge in [0.15, 0.2) is 0 Å². The van der Waals surface area contributed by atoms with Crippen molar-refractivity contribution in [3.63, 3.8) is 0 Å². The second-order valence-corrected chi connectivity index (χ2v) is 6.38. The van der Waals surface area contributed by atoms with E-state index in [1.807, 2.05) is 0 Å². The van der Waals surface area contributed by atoms with Crippen molar-refractivity contribution < 1.29 is 22.7 Å². The number of aliphatic hydroxyl groups excluding tert-OH is 1. The molecule has 2 atom stereocenters. The van der Waals surface area contributed by atoms with Crippen LogP contribution < -0.4 is 4.72 Å². The molecule has 0 aliphatic carbocycles. The molecule has 1 fully saturated rings. The summed E-state index contributed by atoms with van der Waals surface area (Å²) in [5.41, 5.74) is 0.304. The first-order valence-electron chi connectivity index (χ1n) is 6.47. The van der Waals surface area contributed by atoms with Crippen LogP contribution >= 0.6 is 0 Å². The van der Waals surface area contributed by atoms with Crippen LogP contribution in [0.4, 0.5) is 4.39 Å². The molecule has 1 aliphatic rings. The molecule has 1 aliphatic heterocycles. The van der Waals surface area contributed by atoms with Crippen LogP contribution in [0, 0.1) is 17.7 Å². The van der Waals surface area contributed by atoms with Gasteiger partial charge in [-0.3, -0.25) is 0 Å². The second-order valence-electron chi connectivity index (χ2n) is 4.70. The van der Waals surface area contributed by atoms with Crippen molar-refractivity contribution in [3.05, 3.63) is 29.6 Å². The van der Waals surface area contributed by atoms with Gasteiger partial charge in [0.2, 0.25) is 10.0 Å². The largest absolute Gasteiger partial charge is 0.384 e. The van der Waals surface area contributed by atoms with Crippen molar-refractivity contribution in [1.29, 1.82) is 0 Å². The molecule has 0 bridgehead atoms. The maximum absolute atomic E-state index is 14.0. The van der Waals surface area contributed by atoms with Gasteiger partial charge in [0, 0.05) is 12.2 Å². The van der Waals surface area contributed by atoms with Crippen LogP contribution in [0.25, 0.3) is 0 Å². The number of benzene rings is 1. The lowest BCUT2D eigenvalue weighted by molar-refractivity contribution is 0.117. The van der Waals surface area contributed by atoms with Crippen LogP contribution in [0.1, 0.15) is 18.9 Å². The van der Waals surface area contributed by atoms with Crippen molar-refractivity contribution in [2.24, 2.45) is 0 Å². The zero-order valence-corrected chi connectivity index (χ0v) is 12.3. The number of halogens is 1. The summed E-state index contributed by atoms with van der Waals surface area (Å²) in [6.07, 6.45) is 0.319. The predicted octanol–water partition coefficient (Wildman–Crippen LogP) is 0.625. The van der Waals surface area contributed by atoms with E-state index in [1.165, 1.54) is 12.1 Å². The van der Waals surface area contributed by atoms with Gasteiger partial charge in [-0.2, -0.15) is 0 Å². The maximum atomic E-state index is 14.0. The van der Waals surface area contributed by atoms with Crippen molar-refractivity contribution in [2.75, 3.05) is 13.2 Å². The molecular formula is C14H16FNO4S. The molecule has 2 unspecified atom stereocenters. The molecule has 0 spiro atoms. The normalized spacial score (nSPS) is 21.9. The SMILES string of the molecule is CC1OCCC1NS(=O)(=O)c1ccc(C#CCO)cc1F. The highest BCUT2D eigenvalue weighted by Crippen LogP contribution is 2.19. The molecule has 2 N–H and O–H groups in total. The zero-order chi connectivity index (χ0) is 15.5. The lowest BCUT2D eigenvalue weighted by Gasteiger charge is -2.16. The number of rotatable bonds is 3. The summed E-state index contributed by atoms with van der Waals surface area (Å²) in [5, 5.41) is 8.58. The van der Waals surface area contributed by atoms with Crippen molar-refractivity contribution in [2.45, 2.75) is 30.4 Å². The second kappa shape index (κ2) is 6.54. The highest BCUT2D eigenvalue weighted by atomic mass is 32.2. The third-order valence-electron chi connectivity index (χ3n) is 3.22. The summed E-state index contributed by atoms with van der Waals surface area (Å²) in [4.78, 5) is -0.420. The fourth-order valence-corrected chi connectivity index (χ4v) is 3.49. The Labute approximate surface area is 123 Å². The van der Waals surface area contributed by atoms with E-state index in [9.17, 15) is 12.8 Å². The average Bonchev–Trinajstić information content (AvgIpc) is 2.81. The zero-order valence-electron chi connectivity index (χ0n) is 11.5. The van der Waals surface area contributed by atoms with Crippen LogP contribution in [0.3, 0.4) is 0 Å². The Kier molecular flexibility index (Phi) is 4.96. The van der Waals surface area contributed by atoms with E-state index in [0.717, 1.165) is 6.07 Å². The first kappa shape index (κ1) is 15.9. The molecule has 2 rings (SSSR count). The molecule has 0 aromatic heterocycles. The molecule has 21 heavy (non-hydrogen) atoms. The monoisotopic (exact) mass is 313 g/mol. The standard InChI is InChI=1S/C14H16FNO4S/c1-10-13(6-8-20-10)16-21(18,19)14-5-4-11(3-2-7-17)9-12(14)15/h4-5,9-10,13,16-17H,6-8H2,1H3. The first-order valence-corrected chi connectivity index (χ1v) is 7.95. The summed E-state index contributed by atoms with van der Waals surface area (Å²) in [6.45, 7) is 1.90. The van der Waals surface area contributed by atoms with Crippen LogP contribution in [0.15, 0.2) is 23.1 Å². The number of nitrogens with one attached hydrogen (secondary N) is 1. The van der Waals surface area contributed by atoms with E-state index in [-0.39, 0.29) is 18.8 Å². The topological polar surface area (TPSA) is 75.6 Å². The molecule has 1 aromatic carbocycles. The van der Waals surface area contributed by atoms with Crippen LogP contribution in [-0.4, -0.2) is 38.9 Å². The number of hydrogen-bond acceptors (Lipinski definition) is 4. The highest BCUT2D eigenvalue weighted by molar-refractivity contribution is 7.89. The van der Waals surface area contributed by atoms with E-state index < -0.39 is 20.7 Å². The van der Waals surface area contributed by atoms with Gasteiger partial charge < -0.3 is 9.84 Å². The van der Waals surface area contributed by atoms with E-state index >= 15 is 0 Å². The fourth-order valence-electron chi connectivity index (χ4n) is 2.09. The Morgan fingerprint density at radius 3 is 2.86 bits per heavy atom.